The zero-order chi connectivity index (χ0) is 20.7. The Kier molecular flexibility index (Phi) is 6.59. The molecule has 0 aliphatic heterocycles. The zero-order valence-electron chi connectivity index (χ0n) is 14.6. The van der Waals surface area contributed by atoms with Crippen LogP contribution in [0.25, 0.3) is 0 Å². The molecule has 0 bridgehead atoms. The first-order valence-electron chi connectivity index (χ1n) is 7.89. The maximum atomic E-state index is 12.7. The first-order valence-corrected chi connectivity index (χ1v) is 7.89. The van der Waals surface area contributed by atoms with Crippen LogP contribution >= 0.6 is 0 Å². The molecule has 3 N–H and O–H groups in total. The first kappa shape index (κ1) is 20.7. The molecule has 0 aromatic heterocycles. The molecule has 148 valence electrons. The van der Waals surface area contributed by atoms with Crippen molar-refractivity contribution in [2.45, 2.75) is 6.18 Å². The van der Waals surface area contributed by atoms with Gasteiger partial charge in [-0.2, -0.15) is 13.2 Å². The molecule has 0 saturated heterocycles. The van der Waals surface area contributed by atoms with Crippen molar-refractivity contribution >= 4 is 29.1 Å². The van der Waals surface area contributed by atoms with E-state index in [0.29, 0.717) is 11.4 Å². The molecule has 28 heavy (non-hydrogen) atoms. The van der Waals surface area contributed by atoms with E-state index >= 15 is 0 Å². The predicted molar refractivity (Wildman–Crippen MR) is 94.7 cm³/mol. The Morgan fingerprint density at radius 1 is 0.929 bits per heavy atom. The number of hydrogen-bond donors (Lipinski definition) is 3. The van der Waals surface area contributed by atoms with Crippen LogP contribution in [0.3, 0.4) is 0 Å². The molecule has 7 nitrogen and oxygen atoms in total. The number of methoxy groups -OCH3 is 1. The Morgan fingerprint density at radius 3 is 2.21 bits per heavy atom. The molecular weight excluding hydrogens is 379 g/mol. The van der Waals surface area contributed by atoms with E-state index < -0.39 is 36.0 Å². The van der Waals surface area contributed by atoms with Crippen molar-refractivity contribution in [3.63, 3.8) is 0 Å². The van der Waals surface area contributed by atoms with Gasteiger partial charge < -0.3 is 20.7 Å². The molecule has 0 atom stereocenters. The van der Waals surface area contributed by atoms with Gasteiger partial charge in [-0.1, -0.05) is 12.1 Å². The van der Waals surface area contributed by atoms with Crippen molar-refractivity contribution in [3.8, 4) is 5.75 Å². The smallest absolute Gasteiger partial charge is 0.416 e. The molecule has 0 radical (unpaired) electrons. The summed E-state index contributed by atoms with van der Waals surface area (Å²) in [6.07, 6.45) is -4.55. The molecule has 0 spiro atoms. The minimum Gasteiger partial charge on any atom is -0.497 e. The molecule has 3 amide bonds. The van der Waals surface area contributed by atoms with Gasteiger partial charge in [0, 0.05) is 17.4 Å². The quantitative estimate of drug-likeness (QED) is 0.678. The fourth-order valence-corrected chi connectivity index (χ4v) is 2.11. The number of benzene rings is 2. The Bertz CT molecular complexity index is 884. The van der Waals surface area contributed by atoms with E-state index in [9.17, 15) is 27.6 Å². The van der Waals surface area contributed by atoms with Gasteiger partial charge in [0.15, 0.2) is 0 Å². The third-order valence-electron chi connectivity index (χ3n) is 3.42. The summed E-state index contributed by atoms with van der Waals surface area (Å²) in [5.74, 6) is -2.41. The van der Waals surface area contributed by atoms with Crippen molar-refractivity contribution in [1.29, 1.82) is 0 Å². The van der Waals surface area contributed by atoms with Gasteiger partial charge in [-0.25, -0.2) is 0 Å². The van der Waals surface area contributed by atoms with Gasteiger partial charge in [-0.3, -0.25) is 14.4 Å². The molecule has 0 aliphatic carbocycles. The Hall–Kier alpha value is -3.56. The fourth-order valence-electron chi connectivity index (χ4n) is 2.11. The molecule has 2 aromatic carbocycles. The van der Waals surface area contributed by atoms with Gasteiger partial charge in [-0.05, 0) is 30.3 Å². The van der Waals surface area contributed by atoms with E-state index in [-0.39, 0.29) is 5.69 Å². The average molecular weight is 395 g/mol. The minimum atomic E-state index is -4.55. The third kappa shape index (κ3) is 6.01. The number of carbonyl (C=O) groups is 3. The van der Waals surface area contributed by atoms with Crippen LogP contribution in [0.1, 0.15) is 5.56 Å². The number of anilines is 2. The number of halogens is 3. The van der Waals surface area contributed by atoms with Crippen molar-refractivity contribution < 1.29 is 32.3 Å². The second-order valence-corrected chi connectivity index (χ2v) is 5.50. The predicted octanol–water partition coefficient (Wildman–Crippen LogP) is 2.41. The van der Waals surface area contributed by atoms with E-state index in [1.54, 1.807) is 12.1 Å². The highest BCUT2D eigenvalue weighted by molar-refractivity contribution is 6.39. The summed E-state index contributed by atoms with van der Waals surface area (Å²) in [6, 6.07) is 10.3. The van der Waals surface area contributed by atoms with Crippen LogP contribution in [0, 0.1) is 0 Å². The number of carbonyl (C=O) groups excluding carboxylic acids is 3. The van der Waals surface area contributed by atoms with Crippen LogP contribution in [-0.2, 0) is 20.6 Å². The fraction of sp³-hybridized carbons (Fsp3) is 0.167. The maximum absolute atomic E-state index is 12.7. The minimum absolute atomic E-state index is 0.0880. The van der Waals surface area contributed by atoms with Gasteiger partial charge in [0.25, 0.3) is 0 Å². The Labute approximate surface area is 157 Å². The zero-order valence-corrected chi connectivity index (χ0v) is 14.6. The van der Waals surface area contributed by atoms with Crippen LogP contribution in [0.4, 0.5) is 24.5 Å². The third-order valence-corrected chi connectivity index (χ3v) is 3.42. The monoisotopic (exact) mass is 395 g/mol. The summed E-state index contributed by atoms with van der Waals surface area (Å²) >= 11 is 0. The van der Waals surface area contributed by atoms with Crippen molar-refractivity contribution in [3.05, 3.63) is 54.1 Å². The Balaban J connectivity index is 1.86. The molecule has 0 aliphatic rings. The standard InChI is InChI=1S/C18H16F3N3O4/c1-28-14-7-3-6-13(9-14)24-17(27)16(26)22-10-15(25)23-12-5-2-4-11(8-12)18(19,20)21/h2-9H,10H2,1H3,(H,22,26)(H,23,25)(H,24,27). The van der Waals surface area contributed by atoms with Gasteiger partial charge in [-0.15, -0.1) is 0 Å². The molecule has 0 saturated carbocycles. The van der Waals surface area contributed by atoms with Crippen LogP contribution in [0.15, 0.2) is 48.5 Å². The van der Waals surface area contributed by atoms with E-state index in [2.05, 4.69) is 16.0 Å². The molecule has 0 heterocycles. The summed E-state index contributed by atoms with van der Waals surface area (Å²) in [7, 11) is 1.44. The largest absolute Gasteiger partial charge is 0.497 e. The molecule has 0 fully saturated rings. The maximum Gasteiger partial charge on any atom is 0.416 e. The summed E-state index contributed by atoms with van der Waals surface area (Å²) < 4.78 is 42.9. The van der Waals surface area contributed by atoms with Gasteiger partial charge in [0.05, 0.1) is 19.2 Å². The van der Waals surface area contributed by atoms with E-state index in [1.807, 2.05) is 0 Å². The summed E-state index contributed by atoms with van der Waals surface area (Å²) in [6.45, 7) is -0.597. The van der Waals surface area contributed by atoms with E-state index in [0.717, 1.165) is 18.2 Å². The lowest BCUT2D eigenvalue weighted by atomic mass is 10.2. The Morgan fingerprint density at radius 2 is 1.57 bits per heavy atom. The molecule has 10 heteroatoms. The lowest BCUT2D eigenvalue weighted by Gasteiger charge is -2.10. The van der Waals surface area contributed by atoms with Crippen LogP contribution in [0.2, 0.25) is 0 Å². The number of amides is 3. The summed E-state index contributed by atoms with van der Waals surface area (Å²) in [5.41, 5.74) is -0.699. The second-order valence-electron chi connectivity index (χ2n) is 5.50. The average Bonchev–Trinajstić information content (AvgIpc) is 2.65. The van der Waals surface area contributed by atoms with E-state index in [4.69, 9.17) is 4.74 Å². The van der Waals surface area contributed by atoms with Crippen molar-refractivity contribution in [1.82, 2.24) is 5.32 Å². The lowest BCUT2D eigenvalue weighted by Crippen LogP contribution is -2.39. The number of nitrogens with one attached hydrogen (secondary N) is 3. The number of ether oxygens (including phenoxy) is 1. The highest BCUT2D eigenvalue weighted by Crippen LogP contribution is 2.30. The van der Waals surface area contributed by atoms with Gasteiger partial charge >= 0.3 is 18.0 Å². The second kappa shape index (κ2) is 8.89. The van der Waals surface area contributed by atoms with E-state index in [1.165, 1.54) is 25.3 Å². The summed E-state index contributed by atoms with van der Waals surface area (Å²) in [4.78, 5) is 35.4. The van der Waals surface area contributed by atoms with Crippen molar-refractivity contribution in [2.24, 2.45) is 0 Å². The van der Waals surface area contributed by atoms with Crippen LogP contribution in [-0.4, -0.2) is 31.4 Å². The van der Waals surface area contributed by atoms with Crippen molar-refractivity contribution in [2.75, 3.05) is 24.3 Å². The lowest BCUT2D eigenvalue weighted by molar-refractivity contribution is -0.137. The number of alkyl halides is 3. The highest BCUT2D eigenvalue weighted by atomic mass is 19.4. The molecule has 0 unspecified atom stereocenters. The number of hydrogen-bond acceptors (Lipinski definition) is 4. The topological polar surface area (TPSA) is 96.5 Å². The van der Waals surface area contributed by atoms with Gasteiger partial charge in [0.2, 0.25) is 5.91 Å². The molecule has 2 aromatic rings. The summed E-state index contributed by atoms with van der Waals surface area (Å²) in [5, 5.41) is 6.62. The van der Waals surface area contributed by atoms with Crippen LogP contribution in [0.5, 0.6) is 5.75 Å². The normalized spacial score (nSPS) is 10.7. The first-order chi connectivity index (χ1) is 13.2. The molecular formula is C18H16F3N3O4. The molecule has 2 rings (SSSR count). The number of rotatable bonds is 5. The highest BCUT2D eigenvalue weighted by Gasteiger charge is 2.30. The SMILES string of the molecule is COc1cccc(NC(=O)C(=O)NCC(=O)Nc2cccc(C(F)(F)F)c2)c1. The van der Waals surface area contributed by atoms with Crippen LogP contribution < -0.4 is 20.7 Å². The van der Waals surface area contributed by atoms with Gasteiger partial charge in [0.1, 0.15) is 5.75 Å².